The van der Waals surface area contributed by atoms with Gasteiger partial charge in [0.25, 0.3) is 0 Å². The fourth-order valence-corrected chi connectivity index (χ4v) is 3.49. The molecule has 2 unspecified atom stereocenters. The minimum absolute atomic E-state index is 0.0861. The Labute approximate surface area is 112 Å². The van der Waals surface area contributed by atoms with Crippen LogP contribution in [0.3, 0.4) is 0 Å². The molecule has 2 atom stereocenters. The predicted octanol–water partition coefficient (Wildman–Crippen LogP) is -0.279. The van der Waals surface area contributed by atoms with E-state index in [0.29, 0.717) is 13.0 Å². The SMILES string of the molecule is CC1OCCC1(C)NS(=O)(=O)c1cnn(CCO)c1. The number of hydrogen-bond donors (Lipinski definition) is 2. The van der Waals surface area contributed by atoms with E-state index in [1.165, 1.54) is 17.1 Å². The molecule has 7 nitrogen and oxygen atoms in total. The molecule has 1 aromatic rings. The van der Waals surface area contributed by atoms with Crippen LogP contribution in [0.4, 0.5) is 0 Å². The predicted molar refractivity (Wildman–Crippen MR) is 68.1 cm³/mol. The molecule has 0 aromatic carbocycles. The maximum atomic E-state index is 12.3. The van der Waals surface area contributed by atoms with Gasteiger partial charge in [-0.3, -0.25) is 4.68 Å². The van der Waals surface area contributed by atoms with Crippen molar-refractivity contribution in [3.8, 4) is 0 Å². The lowest BCUT2D eigenvalue weighted by molar-refractivity contribution is 0.0957. The molecular formula is C11H19N3O4S. The van der Waals surface area contributed by atoms with Crippen LogP contribution >= 0.6 is 0 Å². The summed E-state index contributed by atoms with van der Waals surface area (Å²) >= 11 is 0. The van der Waals surface area contributed by atoms with Crippen LogP contribution in [0.15, 0.2) is 17.3 Å². The molecule has 1 aromatic heterocycles. The summed E-state index contributed by atoms with van der Waals surface area (Å²) in [7, 11) is -3.63. The summed E-state index contributed by atoms with van der Waals surface area (Å²) < 4.78 is 34.0. The van der Waals surface area contributed by atoms with Gasteiger partial charge in [-0.05, 0) is 20.3 Å². The Morgan fingerprint density at radius 1 is 1.68 bits per heavy atom. The molecule has 1 aliphatic rings. The van der Waals surface area contributed by atoms with Crippen LogP contribution in [-0.4, -0.2) is 48.2 Å². The molecule has 0 saturated carbocycles. The van der Waals surface area contributed by atoms with Gasteiger partial charge < -0.3 is 9.84 Å². The number of aliphatic hydroxyl groups is 1. The summed E-state index contributed by atoms with van der Waals surface area (Å²) in [4.78, 5) is 0.0984. The molecule has 108 valence electrons. The van der Waals surface area contributed by atoms with Crippen molar-refractivity contribution in [2.45, 2.75) is 43.4 Å². The number of ether oxygens (including phenoxy) is 1. The van der Waals surface area contributed by atoms with Gasteiger partial charge >= 0.3 is 0 Å². The van der Waals surface area contributed by atoms with E-state index in [4.69, 9.17) is 9.84 Å². The summed E-state index contributed by atoms with van der Waals surface area (Å²) in [5.74, 6) is 0. The molecule has 1 aliphatic heterocycles. The molecule has 0 radical (unpaired) electrons. The van der Waals surface area contributed by atoms with Crippen LogP contribution in [0.1, 0.15) is 20.3 Å². The number of aromatic nitrogens is 2. The van der Waals surface area contributed by atoms with E-state index in [1.54, 1.807) is 0 Å². The van der Waals surface area contributed by atoms with Crippen molar-refractivity contribution in [3.63, 3.8) is 0 Å². The molecule has 8 heteroatoms. The lowest BCUT2D eigenvalue weighted by Gasteiger charge is -2.28. The highest BCUT2D eigenvalue weighted by molar-refractivity contribution is 7.89. The third kappa shape index (κ3) is 2.97. The molecule has 2 heterocycles. The van der Waals surface area contributed by atoms with Crippen LogP contribution in [-0.2, 0) is 21.3 Å². The Kier molecular flexibility index (Phi) is 3.95. The van der Waals surface area contributed by atoms with Crippen LogP contribution in [0, 0.1) is 0 Å². The lowest BCUT2D eigenvalue weighted by Crippen LogP contribution is -2.50. The van der Waals surface area contributed by atoms with Crippen molar-refractivity contribution >= 4 is 10.0 Å². The quantitative estimate of drug-likeness (QED) is 0.777. The Hall–Kier alpha value is -0.960. The molecular weight excluding hydrogens is 270 g/mol. The van der Waals surface area contributed by atoms with Crippen LogP contribution in [0.25, 0.3) is 0 Å². The van der Waals surface area contributed by atoms with Gasteiger partial charge in [-0.1, -0.05) is 0 Å². The average Bonchev–Trinajstić information content (AvgIpc) is 2.88. The van der Waals surface area contributed by atoms with Gasteiger partial charge in [0.05, 0.1) is 31.0 Å². The van der Waals surface area contributed by atoms with E-state index in [1.807, 2.05) is 13.8 Å². The number of aliphatic hydroxyl groups excluding tert-OH is 1. The molecule has 0 amide bonds. The van der Waals surface area contributed by atoms with Gasteiger partial charge in [0, 0.05) is 12.8 Å². The third-order valence-electron chi connectivity index (χ3n) is 3.50. The number of sulfonamides is 1. The van der Waals surface area contributed by atoms with Crippen molar-refractivity contribution in [2.75, 3.05) is 13.2 Å². The Morgan fingerprint density at radius 3 is 3.00 bits per heavy atom. The van der Waals surface area contributed by atoms with Crippen molar-refractivity contribution in [1.82, 2.24) is 14.5 Å². The molecule has 1 saturated heterocycles. The summed E-state index contributed by atoms with van der Waals surface area (Å²) in [5.41, 5.74) is -0.599. The third-order valence-corrected chi connectivity index (χ3v) is 5.07. The monoisotopic (exact) mass is 289 g/mol. The minimum atomic E-state index is -3.63. The van der Waals surface area contributed by atoms with Gasteiger partial charge in [-0.25, -0.2) is 13.1 Å². The van der Waals surface area contributed by atoms with Gasteiger partial charge in [-0.2, -0.15) is 5.10 Å². The topological polar surface area (TPSA) is 93.5 Å². The number of rotatable bonds is 5. The fourth-order valence-electron chi connectivity index (χ4n) is 2.04. The van der Waals surface area contributed by atoms with E-state index in [0.717, 1.165) is 0 Å². The zero-order valence-electron chi connectivity index (χ0n) is 11.0. The smallest absolute Gasteiger partial charge is 0.244 e. The van der Waals surface area contributed by atoms with Crippen molar-refractivity contribution in [3.05, 3.63) is 12.4 Å². The molecule has 2 rings (SSSR count). The van der Waals surface area contributed by atoms with E-state index >= 15 is 0 Å². The standard InChI is InChI=1S/C11H19N3O4S/c1-9-11(2,3-6-18-9)13-19(16,17)10-7-12-14(8-10)4-5-15/h7-9,13,15H,3-6H2,1-2H3. The van der Waals surface area contributed by atoms with Crippen molar-refractivity contribution < 1.29 is 18.3 Å². The first-order valence-electron chi connectivity index (χ1n) is 6.16. The fraction of sp³-hybridized carbons (Fsp3) is 0.727. The number of nitrogens with zero attached hydrogens (tertiary/aromatic N) is 2. The van der Waals surface area contributed by atoms with Crippen LogP contribution in [0.2, 0.25) is 0 Å². The van der Waals surface area contributed by atoms with Gasteiger partial charge in [-0.15, -0.1) is 0 Å². The molecule has 1 fully saturated rings. The maximum absolute atomic E-state index is 12.3. The summed E-state index contributed by atoms with van der Waals surface area (Å²) in [6.45, 7) is 4.42. The first-order chi connectivity index (χ1) is 8.87. The molecule has 0 aliphatic carbocycles. The Bertz CT molecular complexity index is 542. The number of hydrogen-bond acceptors (Lipinski definition) is 5. The maximum Gasteiger partial charge on any atom is 0.244 e. The highest BCUT2D eigenvalue weighted by Crippen LogP contribution is 2.27. The second-order valence-corrected chi connectivity index (χ2v) is 6.63. The van der Waals surface area contributed by atoms with Gasteiger partial charge in [0.15, 0.2) is 0 Å². The second-order valence-electron chi connectivity index (χ2n) is 4.95. The summed E-state index contributed by atoms with van der Waals surface area (Å²) in [5, 5.41) is 12.7. The molecule has 2 N–H and O–H groups in total. The van der Waals surface area contributed by atoms with E-state index < -0.39 is 15.6 Å². The molecule has 0 spiro atoms. The molecule has 19 heavy (non-hydrogen) atoms. The van der Waals surface area contributed by atoms with E-state index in [2.05, 4.69) is 9.82 Å². The zero-order valence-corrected chi connectivity index (χ0v) is 11.9. The second kappa shape index (κ2) is 5.20. The highest BCUT2D eigenvalue weighted by Gasteiger charge is 2.40. The summed E-state index contributed by atoms with van der Waals surface area (Å²) in [6.07, 6.45) is 3.15. The molecule has 0 bridgehead atoms. The lowest BCUT2D eigenvalue weighted by atomic mass is 9.97. The van der Waals surface area contributed by atoms with Gasteiger partial charge in [0.2, 0.25) is 10.0 Å². The largest absolute Gasteiger partial charge is 0.394 e. The summed E-state index contributed by atoms with van der Waals surface area (Å²) in [6, 6.07) is 0. The van der Waals surface area contributed by atoms with Gasteiger partial charge in [0.1, 0.15) is 4.90 Å². The van der Waals surface area contributed by atoms with Crippen molar-refractivity contribution in [2.24, 2.45) is 0 Å². The van der Waals surface area contributed by atoms with Crippen LogP contribution in [0.5, 0.6) is 0 Å². The van der Waals surface area contributed by atoms with Crippen molar-refractivity contribution in [1.29, 1.82) is 0 Å². The van der Waals surface area contributed by atoms with Crippen LogP contribution < -0.4 is 4.72 Å². The normalized spacial score (nSPS) is 27.8. The minimum Gasteiger partial charge on any atom is -0.394 e. The first kappa shape index (κ1) is 14.4. The van der Waals surface area contributed by atoms with E-state index in [9.17, 15) is 8.42 Å². The first-order valence-corrected chi connectivity index (χ1v) is 7.64. The Morgan fingerprint density at radius 2 is 2.42 bits per heavy atom. The number of nitrogens with one attached hydrogen (secondary N) is 1. The average molecular weight is 289 g/mol. The van der Waals surface area contributed by atoms with E-state index in [-0.39, 0.29) is 24.2 Å². The highest BCUT2D eigenvalue weighted by atomic mass is 32.2. The zero-order chi connectivity index (χ0) is 14.1. The Balaban J connectivity index is 2.17.